The molecular weight excluding hydrogens is 448 g/mol. The molecule has 0 aliphatic heterocycles. The van der Waals surface area contributed by atoms with E-state index in [0.717, 1.165) is 0 Å². The second kappa shape index (κ2) is 10.4. The molecular formula is C22H22N4O6S. The Bertz CT molecular complexity index is 1300. The summed E-state index contributed by atoms with van der Waals surface area (Å²) >= 11 is 0. The largest absolute Gasteiger partial charge is 0.478 e. The molecule has 0 unspecified atom stereocenters. The number of hydrogen-bond donors (Lipinski definition) is 6. The Balaban J connectivity index is 0.000000696. The lowest BCUT2D eigenvalue weighted by molar-refractivity contribution is 0.0697. The van der Waals surface area contributed by atoms with E-state index in [9.17, 15) is 23.1 Å². The first kappa shape index (κ1) is 25.0. The van der Waals surface area contributed by atoms with Crippen molar-refractivity contribution in [1.82, 2.24) is 0 Å². The number of anilines is 2. The van der Waals surface area contributed by atoms with E-state index in [2.05, 4.69) is 5.32 Å². The number of amides is 1. The van der Waals surface area contributed by atoms with E-state index in [4.69, 9.17) is 21.4 Å². The van der Waals surface area contributed by atoms with Crippen LogP contribution in [0.4, 0.5) is 11.4 Å². The fraction of sp³-hybridized carbons (Fsp3) is 0.0455. The maximum Gasteiger partial charge on any atom is 0.336 e. The number of carbonyl (C=O) groups is 2. The molecule has 0 spiro atoms. The standard InChI is InChI=1S/C21H18N4O3.CH4O3S/c22-13-7-10-16(18(11-13)21(27)28)15-3-1-2-4-17(15)20(26)25-14-8-5-12(6-9-14)19(23)24;1-5(2,3)4/h1-11H,22H2,(H3,23,24)(H,25,26)(H,27,28);1H3,(H,2,3,4). The average Bonchev–Trinajstić information content (AvgIpc) is 2.73. The Morgan fingerprint density at radius 1 is 0.939 bits per heavy atom. The van der Waals surface area contributed by atoms with Crippen LogP contribution < -0.4 is 16.8 Å². The van der Waals surface area contributed by atoms with Crippen LogP contribution in [0.1, 0.15) is 26.3 Å². The van der Waals surface area contributed by atoms with Gasteiger partial charge in [-0.2, -0.15) is 8.42 Å². The second-order valence-corrected chi connectivity index (χ2v) is 8.30. The van der Waals surface area contributed by atoms with E-state index < -0.39 is 16.1 Å². The van der Waals surface area contributed by atoms with Gasteiger partial charge in [-0.25, -0.2) is 4.79 Å². The molecule has 11 heteroatoms. The topological polar surface area (TPSA) is 197 Å². The molecule has 1 amide bonds. The van der Waals surface area contributed by atoms with Crippen molar-refractivity contribution in [1.29, 1.82) is 5.41 Å². The van der Waals surface area contributed by atoms with Gasteiger partial charge in [0.15, 0.2) is 0 Å². The molecule has 0 aromatic heterocycles. The first-order chi connectivity index (χ1) is 15.4. The third-order valence-electron chi connectivity index (χ3n) is 4.19. The van der Waals surface area contributed by atoms with Gasteiger partial charge in [0.05, 0.1) is 11.8 Å². The van der Waals surface area contributed by atoms with Gasteiger partial charge in [0.1, 0.15) is 5.84 Å². The van der Waals surface area contributed by atoms with Crippen LogP contribution in [0.5, 0.6) is 0 Å². The number of nitrogens with one attached hydrogen (secondary N) is 2. The van der Waals surface area contributed by atoms with Crippen LogP contribution >= 0.6 is 0 Å². The zero-order valence-corrected chi connectivity index (χ0v) is 18.3. The number of nitrogen functional groups attached to an aromatic ring is 2. The van der Waals surface area contributed by atoms with Crippen molar-refractivity contribution < 1.29 is 27.7 Å². The molecule has 0 saturated carbocycles. The van der Waals surface area contributed by atoms with Gasteiger partial charge in [-0.05, 0) is 53.6 Å². The van der Waals surface area contributed by atoms with Gasteiger partial charge in [-0.3, -0.25) is 14.8 Å². The SMILES string of the molecule is CS(=O)(=O)O.N=C(N)c1ccc(NC(=O)c2ccccc2-c2ccc(N)cc2C(=O)O)cc1. The number of benzene rings is 3. The normalized spacial score (nSPS) is 10.5. The molecule has 0 aliphatic carbocycles. The molecule has 172 valence electrons. The first-order valence-corrected chi connectivity index (χ1v) is 11.1. The second-order valence-electron chi connectivity index (χ2n) is 6.83. The molecule has 0 saturated heterocycles. The zero-order chi connectivity index (χ0) is 24.8. The first-order valence-electron chi connectivity index (χ1n) is 9.27. The Labute approximate surface area is 190 Å². The highest BCUT2D eigenvalue weighted by molar-refractivity contribution is 7.85. The summed E-state index contributed by atoms with van der Waals surface area (Å²) in [5.74, 6) is -1.58. The highest BCUT2D eigenvalue weighted by atomic mass is 32.2. The summed E-state index contributed by atoms with van der Waals surface area (Å²) in [6, 6.07) is 17.8. The number of hydrogen-bond acceptors (Lipinski definition) is 6. The molecule has 0 atom stereocenters. The number of carbonyl (C=O) groups excluding carboxylic acids is 1. The summed E-state index contributed by atoms with van der Waals surface area (Å²) in [7, 11) is -3.67. The van der Waals surface area contributed by atoms with Crippen molar-refractivity contribution in [3.63, 3.8) is 0 Å². The van der Waals surface area contributed by atoms with Crippen LogP contribution in [0.15, 0.2) is 66.7 Å². The minimum absolute atomic E-state index is 0.0195. The molecule has 0 heterocycles. The van der Waals surface area contributed by atoms with Crippen molar-refractivity contribution in [2.24, 2.45) is 5.73 Å². The molecule has 8 N–H and O–H groups in total. The summed E-state index contributed by atoms with van der Waals surface area (Å²) in [5, 5.41) is 19.7. The number of nitrogens with two attached hydrogens (primary N) is 2. The molecule has 0 aliphatic rings. The fourth-order valence-electron chi connectivity index (χ4n) is 2.82. The quantitative estimate of drug-likeness (QED) is 0.141. The number of carboxylic acids is 1. The van der Waals surface area contributed by atoms with E-state index in [1.54, 1.807) is 60.7 Å². The van der Waals surface area contributed by atoms with E-state index in [1.807, 2.05) is 0 Å². The molecule has 0 radical (unpaired) electrons. The summed E-state index contributed by atoms with van der Waals surface area (Å²) < 4.78 is 25.9. The smallest absolute Gasteiger partial charge is 0.336 e. The van der Waals surface area contributed by atoms with Crippen LogP contribution in [0.2, 0.25) is 0 Å². The number of amidine groups is 1. The Morgan fingerprint density at radius 2 is 1.48 bits per heavy atom. The summed E-state index contributed by atoms with van der Waals surface area (Å²) in [4.78, 5) is 24.4. The molecule has 0 bridgehead atoms. The number of rotatable bonds is 5. The van der Waals surface area contributed by atoms with Crippen molar-refractivity contribution in [3.05, 3.63) is 83.4 Å². The predicted octanol–water partition coefficient (Wildman–Crippen LogP) is 2.67. The van der Waals surface area contributed by atoms with Crippen molar-refractivity contribution >= 4 is 39.2 Å². The maximum atomic E-state index is 12.8. The Morgan fingerprint density at radius 3 is 2.03 bits per heavy atom. The van der Waals surface area contributed by atoms with E-state index >= 15 is 0 Å². The summed E-state index contributed by atoms with van der Waals surface area (Å²) in [5.41, 5.74) is 13.8. The van der Waals surface area contributed by atoms with Gasteiger partial charge in [-0.1, -0.05) is 24.3 Å². The molecule has 3 aromatic rings. The minimum atomic E-state index is -3.67. The lowest BCUT2D eigenvalue weighted by Gasteiger charge is -2.13. The summed E-state index contributed by atoms with van der Waals surface area (Å²) in [6.07, 6.45) is 0.715. The maximum absolute atomic E-state index is 12.8. The van der Waals surface area contributed by atoms with E-state index in [-0.39, 0.29) is 17.3 Å². The molecule has 10 nitrogen and oxygen atoms in total. The number of aromatic carboxylic acids is 1. The van der Waals surface area contributed by atoms with Gasteiger partial charge in [0.2, 0.25) is 0 Å². The zero-order valence-electron chi connectivity index (χ0n) is 17.4. The highest BCUT2D eigenvalue weighted by Crippen LogP contribution is 2.29. The van der Waals surface area contributed by atoms with E-state index in [0.29, 0.717) is 39.9 Å². The lowest BCUT2D eigenvalue weighted by Crippen LogP contribution is -2.14. The van der Waals surface area contributed by atoms with Gasteiger partial charge in [0, 0.05) is 22.5 Å². The van der Waals surface area contributed by atoms with Crippen LogP contribution in [-0.2, 0) is 10.1 Å². The van der Waals surface area contributed by atoms with Crippen LogP contribution in [0.25, 0.3) is 11.1 Å². The van der Waals surface area contributed by atoms with Crippen molar-refractivity contribution in [2.45, 2.75) is 0 Å². The van der Waals surface area contributed by atoms with Gasteiger partial charge in [-0.15, -0.1) is 0 Å². The van der Waals surface area contributed by atoms with Crippen molar-refractivity contribution in [2.75, 3.05) is 17.3 Å². The average molecular weight is 471 g/mol. The fourth-order valence-corrected chi connectivity index (χ4v) is 2.82. The molecule has 33 heavy (non-hydrogen) atoms. The predicted molar refractivity (Wildman–Crippen MR) is 126 cm³/mol. The number of carboxylic acid groups (broad SMARTS) is 1. The van der Waals surface area contributed by atoms with Gasteiger partial charge < -0.3 is 21.9 Å². The highest BCUT2D eigenvalue weighted by Gasteiger charge is 2.18. The van der Waals surface area contributed by atoms with E-state index in [1.165, 1.54) is 6.07 Å². The van der Waals surface area contributed by atoms with Crippen LogP contribution in [0.3, 0.4) is 0 Å². The minimum Gasteiger partial charge on any atom is -0.478 e. The molecule has 3 rings (SSSR count). The molecule has 0 fully saturated rings. The summed E-state index contributed by atoms with van der Waals surface area (Å²) in [6.45, 7) is 0. The Hall–Kier alpha value is -4.22. The van der Waals surface area contributed by atoms with Gasteiger partial charge in [0.25, 0.3) is 16.0 Å². The monoisotopic (exact) mass is 470 g/mol. The van der Waals surface area contributed by atoms with Crippen LogP contribution in [-0.4, -0.2) is 42.0 Å². The third kappa shape index (κ3) is 7.45. The third-order valence-corrected chi connectivity index (χ3v) is 4.19. The molecule has 3 aromatic carbocycles. The lowest BCUT2D eigenvalue weighted by atomic mass is 9.94. The van der Waals surface area contributed by atoms with Gasteiger partial charge >= 0.3 is 5.97 Å². The Kier molecular flexibility index (Phi) is 7.89. The van der Waals surface area contributed by atoms with Crippen molar-refractivity contribution in [3.8, 4) is 11.1 Å². The van der Waals surface area contributed by atoms with Crippen LogP contribution in [0, 0.1) is 5.41 Å².